The van der Waals surface area contributed by atoms with Gasteiger partial charge in [0, 0.05) is 16.6 Å². The highest BCUT2D eigenvalue weighted by Gasteiger charge is 2.38. The molecule has 1 unspecified atom stereocenters. The Balaban J connectivity index is 2.30. The first-order valence-corrected chi connectivity index (χ1v) is 10.0. The van der Waals surface area contributed by atoms with Crippen LogP contribution in [0.2, 0.25) is 5.02 Å². The Morgan fingerprint density at radius 1 is 1.06 bits per heavy atom. The summed E-state index contributed by atoms with van der Waals surface area (Å²) in [4.78, 5) is 25.5. The van der Waals surface area contributed by atoms with Gasteiger partial charge in [-0.2, -0.15) is 13.2 Å². The molecule has 1 aromatic heterocycles. The number of phenolic OH excluding ortho intramolecular Hbond substituents is 1. The minimum absolute atomic E-state index is 0.0172. The number of alkyl halides is 3. The standard InChI is InChI=1S/C23H21ClF3NO4/c1-11-18(19(21(31)32)22(2,3)4)14-9-17(29)15(24)10-16(14)28(11)20(30)12-5-7-13(8-6-12)23(25,26)27/h5-10,19,29H,1-4H3,(H,31,32). The molecule has 9 heteroatoms. The van der Waals surface area contributed by atoms with Crippen molar-refractivity contribution in [3.63, 3.8) is 0 Å². The van der Waals surface area contributed by atoms with E-state index in [1.54, 1.807) is 27.7 Å². The van der Waals surface area contributed by atoms with E-state index in [4.69, 9.17) is 11.6 Å². The van der Waals surface area contributed by atoms with Gasteiger partial charge in [0.05, 0.1) is 22.0 Å². The first kappa shape index (κ1) is 23.7. The average Bonchev–Trinajstić information content (AvgIpc) is 2.91. The van der Waals surface area contributed by atoms with Gasteiger partial charge in [0.1, 0.15) is 5.75 Å². The fourth-order valence-electron chi connectivity index (χ4n) is 3.93. The number of hydrogen-bond donors (Lipinski definition) is 2. The van der Waals surface area contributed by atoms with E-state index in [1.807, 2.05) is 0 Å². The normalized spacial score (nSPS) is 13.4. The van der Waals surface area contributed by atoms with Crippen LogP contribution in [0.3, 0.4) is 0 Å². The number of carboxylic acid groups (broad SMARTS) is 1. The zero-order valence-corrected chi connectivity index (χ0v) is 18.5. The summed E-state index contributed by atoms with van der Waals surface area (Å²) in [7, 11) is 0. The Hall–Kier alpha value is -3.00. The molecule has 2 N–H and O–H groups in total. The lowest BCUT2D eigenvalue weighted by Gasteiger charge is -2.27. The number of halogens is 4. The molecule has 0 aliphatic rings. The Kier molecular flexibility index (Phi) is 5.80. The summed E-state index contributed by atoms with van der Waals surface area (Å²) in [6.45, 7) is 6.77. The van der Waals surface area contributed by atoms with E-state index in [2.05, 4.69) is 0 Å². The van der Waals surface area contributed by atoms with Crippen molar-refractivity contribution >= 4 is 34.4 Å². The lowest BCUT2D eigenvalue weighted by Crippen LogP contribution is -2.27. The van der Waals surface area contributed by atoms with Crippen LogP contribution >= 0.6 is 11.6 Å². The summed E-state index contributed by atoms with van der Waals surface area (Å²) in [6, 6.07) is 6.39. The second-order valence-corrected chi connectivity index (χ2v) is 9.08. The van der Waals surface area contributed by atoms with Crippen molar-refractivity contribution in [2.24, 2.45) is 5.41 Å². The van der Waals surface area contributed by atoms with Crippen LogP contribution in [0.5, 0.6) is 5.75 Å². The van der Waals surface area contributed by atoms with E-state index in [1.165, 1.54) is 16.7 Å². The van der Waals surface area contributed by atoms with E-state index in [9.17, 15) is 33.0 Å². The Morgan fingerprint density at radius 3 is 2.09 bits per heavy atom. The molecule has 0 spiro atoms. The van der Waals surface area contributed by atoms with Crippen molar-refractivity contribution in [3.05, 3.63) is 63.8 Å². The SMILES string of the molecule is Cc1c(C(C(=O)O)C(C)(C)C)c2cc(O)c(Cl)cc2n1C(=O)c1ccc(C(F)(F)F)cc1. The molecule has 0 bridgehead atoms. The molecule has 170 valence electrons. The maximum atomic E-state index is 13.3. The van der Waals surface area contributed by atoms with E-state index in [0.29, 0.717) is 16.6 Å². The number of nitrogens with zero attached hydrogens (tertiary/aromatic N) is 1. The third-order valence-electron chi connectivity index (χ3n) is 5.39. The van der Waals surface area contributed by atoms with Crippen molar-refractivity contribution in [2.75, 3.05) is 0 Å². The van der Waals surface area contributed by atoms with E-state index in [0.717, 1.165) is 24.3 Å². The molecule has 0 aliphatic heterocycles. The summed E-state index contributed by atoms with van der Waals surface area (Å²) < 4.78 is 39.9. The van der Waals surface area contributed by atoms with Gasteiger partial charge in [-0.25, -0.2) is 0 Å². The monoisotopic (exact) mass is 467 g/mol. The zero-order chi connectivity index (χ0) is 24.2. The number of aromatic nitrogens is 1. The molecule has 5 nitrogen and oxygen atoms in total. The molecule has 32 heavy (non-hydrogen) atoms. The van der Waals surface area contributed by atoms with Crippen LogP contribution in [0.4, 0.5) is 13.2 Å². The largest absolute Gasteiger partial charge is 0.506 e. The molecule has 3 rings (SSSR count). The first-order valence-electron chi connectivity index (χ1n) is 9.62. The van der Waals surface area contributed by atoms with Crippen LogP contribution in [-0.4, -0.2) is 26.7 Å². The molecule has 3 aromatic rings. The highest BCUT2D eigenvalue weighted by Crippen LogP contribution is 2.44. The van der Waals surface area contributed by atoms with Crippen molar-refractivity contribution in [1.29, 1.82) is 0 Å². The molecule has 0 saturated carbocycles. The predicted molar refractivity (Wildman–Crippen MR) is 114 cm³/mol. The zero-order valence-electron chi connectivity index (χ0n) is 17.7. The van der Waals surface area contributed by atoms with Gasteiger partial charge in [-0.1, -0.05) is 32.4 Å². The Bertz CT molecular complexity index is 1220. The molecule has 1 heterocycles. The van der Waals surface area contributed by atoms with Crippen molar-refractivity contribution in [2.45, 2.75) is 39.8 Å². The molecule has 1 atom stereocenters. The summed E-state index contributed by atoms with van der Waals surface area (Å²) in [6.07, 6.45) is -4.54. The fraction of sp³-hybridized carbons (Fsp3) is 0.304. The number of benzene rings is 2. The number of carboxylic acids is 1. The van der Waals surface area contributed by atoms with E-state index < -0.39 is 34.9 Å². The van der Waals surface area contributed by atoms with Gasteiger partial charge in [-0.15, -0.1) is 0 Å². The number of carbonyl (C=O) groups excluding carboxylic acids is 1. The van der Waals surface area contributed by atoms with Gasteiger partial charge in [0.15, 0.2) is 0 Å². The molecule has 2 aromatic carbocycles. The van der Waals surface area contributed by atoms with Crippen LogP contribution in [-0.2, 0) is 11.0 Å². The van der Waals surface area contributed by atoms with E-state index in [-0.39, 0.29) is 21.9 Å². The van der Waals surface area contributed by atoms with Gasteiger partial charge in [-0.05, 0) is 54.3 Å². The van der Waals surface area contributed by atoms with Crippen molar-refractivity contribution in [3.8, 4) is 5.75 Å². The predicted octanol–water partition coefficient (Wildman–Crippen LogP) is 6.23. The maximum absolute atomic E-state index is 13.3. The number of fused-ring (bicyclic) bond motifs is 1. The molecule has 0 amide bonds. The van der Waals surface area contributed by atoms with Crippen molar-refractivity contribution < 1.29 is 33.0 Å². The molecule has 0 radical (unpaired) electrons. The molecule has 0 saturated heterocycles. The van der Waals surface area contributed by atoms with Crippen LogP contribution < -0.4 is 0 Å². The van der Waals surface area contributed by atoms with Gasteiger partial charge in [0.25, 0.3) is 5.91 Å². The lowest BCUT2D eigenvalue weighted by molar-refractivity contribution is -0.141. The van der Waals surface area contributed by atoms with E-state index >= 15 is 0 Å². The third-order valence-corrected chi connectivity index (χ3v) is 5.69. The maximum Gasteiger partial charge on any atom is 0.416 e. The second-order valence-electron chi connectivity index (χ2n) is 8.67. The van der Waals surface area contributed by atoms with Gasteiger partial charge < -0.3 is 10.2 Å². The average molecular weight is 468 g/mol. The summed E-state index contributed by atoms with van der Waals surface area (Å²) in [5, 5.41) is 20.4. The quantitative estimate of drug-likeness (QED) is 0.478. The highest BCUT2D eigenvalue weighted by molar-refractivity contribution is 6.33. The molecular weight excluding hydrogens is 447 g/mol. The smallest absolute Gasteiger partial charge is 0.416 e. The third kappa shape index (κ3) is 4.07. The number of hydrogen-bond acceptors (Lipinski definition) is 3. The van der Waals surface area contributed by atoms with Crippen LogP contribution in [0.1, 0.15) is 53.9 Å². The molecular formula is C23H21ClF3NO4. The minimum atomic E-state index is -4.54. The highest BCUT2D eigenvalue weighted by atomic mass is 35.5. The van der Waals surface area contributed by atoms with Gasteiger partial charge in [-0.3, -0.25) is 14.2 Å². The minimum Gasteiger partial charge on any atom is -0.506 e. The fourth-order valence-corrected chi connectivity index (χ4v) is 4.09. The topological polar surface area (TPSA) is 79.5 Å². The Labute approximate surface area is 187 Å². The second kappa shape index (κ2) is 7.85. The summed E-state index contributed by atoms with van der Waals surface area (Å²) in [5.41, 5.74) is -0.781. The van der Waals surface area contributed by atoms with Crippen LogP contribution in [0.25, 0.3) is 10.9 Å². The Morgan fingerprint density at radius 2 is 1.62 bits per heavy atom. The number of phenols is 1. The molecule has 0 fully saturated rings. The number of aliphatic carboxylic acids is 1. The summed E-state index contributed by atoms with van der Waals surface area (Å²) >= 11 is 6.06. The molecule has 0 aliphatic carbocycles. The van der Waals surface area contributed by atoms with Crippen LogP contribution in [0, 0.1) is 12.3 Å². The van der Waals surface area contributed by atoms with Crippen LogP contribution in [0.15, 0.2) is 36.4 Å². The van der Waals surface area contributed by atoms with Gasteiger partial charge >= 0.3 is 12.1 Å². The van der Waals surface area contributed by atoms with Crippen molar-refractivity contribution in [1.82, 2.24) is 4.57 Å². The number of aromatic hydroxyl groups is 1. The van der Waals surface area contributed by atoms with Gasteiger partial charge in [0.2, 0.25) is 0 Å². The number of rotatable bonds is 3. The summed E-state index contributed by atoms with van der Waals surface area (Å²) in [5.74, 6) is -3.08. The first-order chi connectivity index (χ1) is 14.6. The number of carbonyl (C=O) groups is 2. The lowest BCUT2D eigenvalue weighted by atomic mass is 9.75.